The second kappa shape index (κ2) is 6.46. The van der Waals surface area contributed by atoms with Crippen LogP contribution in [0.2, 0.25) is 0 Å². The molecule has 0 amide bonds. The molecule has 1 unspecified atom stereocenters. The molecule has 0 aliphatic heterocycles. The Morgan fingerprint density at radius 2 is 1.67 bits per heavy atom. The molecule has 0 bridgehead atoms. The average Bonchev–Trinajstić information content (AvgIpc) is 2.41. The van der Waals surface area contributed by atoms with Crippen LogP contribution in [0.5, 0.6) is 5.75 Å². The highest BCUT2D eigenvalue weighted by molar-refractivity contribution is 6.21. The van der Waals surface area contributed by atoms with E-state index >= 15 is 0 Å². The molecule has 1 atom stereocenters. The molecule has 18 heavy (non-hydrogen) atoms. The summed E-state index contributed by atoms with van der Waals surface area (Å²) in [5.41, 5.74) is 2.30. The van der Waals surface area contributed by atoms with E-state index in [1.54, 1.807) is 0 Å². The van der Waals surface area contributed by atoms with Crippen molar-refractivity contribution in [2.24, 2.45) is 0 Å². The van der Waals surface area contributed by atoms with Gasteiger partial charge in [-0.25, -0.2) is 0 Å². The maximum absolute atomic E-state index is 6.50. The molecule has 0 aliphatic carbocycles. The first-order valence-electron chi connectivity index (χ1n) is 6.21. The number of alkyl halides is 1. The second-order valence-electron chi connectivity index (χ2n) is 4.13. The lowest BCUT2D eigenvalue weighted by Gasteiger charge is -2.14. The molecule has 0 saturated heterocycles. The number of hydrogen-bond donors (Lipinski definition) is 0. The van der Waals surface area contributed by atoms with E-state index in [9.17, 15) is 0 Å². The van der Waals surface area contributed by atoms with Crippen LogP contribution in [0.25, 0.3) is 0 Å². The van der Waals surface area contributed by atoms with Gasteiger partial charge in [0.25, 0.3) is 0 Å². The van der Waals surface area contributed by atoms with Gasteiger partial charge in [0.2, 0.25) is 0 Å². The fourth-order valence-corrected chi connectivity index (χ4v) is 2.32. The molecule has 94 valence electrons. The number of ether oxygens (including phenoxy) is 1. The van der Waals surface area contributed by atoms with Crippen LogP contribution in [0.1, 0.15) is 23.4 Å². The average molecular weight is 261 g/mol. The van der Waals surface area contributed by atoms with Gasteiger partial charge in [-0.05, 0) is 25.0 Å². The van der Waals surface area contributed by atoms with Gasteiger partial charge in [0.1, 0.15) is 5.75 Å². The lowest BCUT2D eigenvalue weighted by atomic mass is 10.0. The fourth-order valence-electron chi connectivity index (χ4n) is 1.96. The zero-order chi connectivity index (χ0) is 12.8. The molecule has 2 aromatic carbocycles. The molecule has 0 aromatic heterocycles. The molecule has 0 saturated carbocycles. The highest BCUT2D eigenvalue weighted by atomic mass is 35.5. The number of para-hydroxylation sites is 1. The molecule has 2 aromatic rings. The van der Waals surface area contributed by atoms with Crippen LogP contribution in [-0.4, -0.2) is 6.61 Å². The molecule has 1 nitrogen and oxygen atoms in total. The maximum Gasteiger partial charge on any atom is 0.123 e. The van der Waals surface area contributed by atoms with E-state index in [0.717, 1.165) is 17.7 Å². The van der Waals surface area contributed by atoms with Gasteiger partial charge in [-0.1, -0.05) is 48.5 Å². The summed E-state index contributed by atoms with van der Waals surface area (Å²) < 4.78 is 5.61. The van der Waals surface area contributed by atoms with Crippen LogP contribution in [-0.2, 0) is 6.42 Å². The topological polar surface area (TPSA) is 9.23 Å². The van der Waals surface area contributed by atoms with Crippen molar-refractivity contribution in [2.45, 2.75) is 18.7 Å². The van der Waals surface area contributed by atoms with Crippen molar-refractivity contribution >= 4 is 11.6 Å². The predicted octanol–water partition coefficient (Wildman–Crippen LogP) is 4.61. The molecular weight excluding hydrogens is 244 g/mol. The van der Waals surface area contributed by atoms with Crippen LogP contribution >= 0.6 is 11.6 Å². The summed E-state index contributed by atoms with van der Waals surface area (Å²) in [6.45, 7) is 2.64. The van der Waals surface area contributed by atoms with Gasteiger partial charge in [0.05, 0.1) is 12.0 Å². The minimum Gasteiger partial charge on any atom is -0.494 e. The SMILES string of the molecule is CCOc1ccccc1C(Cl)Cc1ccccc1. The van der Waals surface area contributed by atoms with E-state index < -0.39 is 0 Å². The number of rotatable bonds is 5. The van der Waals surface area contributed by atoms with E-state index in [1.807, 2.05) is 49.4 Å². The molecule has 2 heteroatoms. The van der Waals surface area contributed by atoms with E-state index in [-0.39, 0.29) is 5.38 Å². The molecule has 2 rings (SSSR count). The molecule has 0 aliphatic rings. The van der Waals surface area contributed by atoms with Gasteiger partial charge in [0.15, 0.2) is 0 Å². The third kappa shape index (κ3) is 3.27. The van der Waals surface area contributed by atoms with Crippen molar-refractivity contribution in [3.63, 3.8) is 0 Å². The maximum atomic E-state index is 6.50. The van der Waals surface area contributed by atoms with E-state index in [1.165, 1.54) is 5.56 Å². The quantitative estimate of drug-likeness (QED) is 0.714. The Hall–Kier alpha value is -1.47. The van der Waals surface area contributed by atoms with Crippen molar-refractivity contribution in [3.8, 4) is 5.75 Å². The molecule has 0 fully saturated rings. The van der Waals surface area contributed by atoms with Crippen LogP contribution in [0.15, 0.2) is 54.6 Å². The van der Waals surface area contributed by atoms with Crippen LogP contribution in [0, 0.1) is 0 Å². The van der Waals surface area contributed by atoms with Crippen LogP contribution in [0.4, 0.5) is 0 Å². The summed E-state index contributed by atoms with van der Waals surface area (Å²) in [5, 5.41) is -0.0600. The van der Waals surface area contributed by atoms with Crippen LogP contribution in [0.3, 0.4) is 0 Å². The predicted molar refractivity (Wildman–Crippen MR) is 76.4 cm³/mol. The third-order valence-electron chi connectivity index (χ3n) is 2.81. The first-order chi connectivity index (χ1) is 8.81. The summed E-state index contributed by atoms with van der Waals surface area (Å²) >= 11 is 6.50. The molecule has 0 N–H and O–H groups in total. The highest BCUT2D eigenvalue weighted by Gasteiger charge is 2.13. The van der Waals surface area contributed by atoms with Crippen LogP contribution < -0.4 is 4.74 Å². The minimum absolute atomic E-state index is 0.0600. The lowest BCUT2D eigenvalue weighted by Crippen LogP contribution is -2.01. The second-order valence-corrected chi connectivity index (χ2v) is 4.65. The van der Waals surface area contributed by atoms with Gasteiger partial charge in [-0.3, -0.25) is 0 Å². The Morgan fingerprint density at radius 1 is 1.00 bits per heavy atom. The number of hydrogen-bond acceptors (Lipinski definition) is 1. The van der Waals surface area contributed by atoms with Gasteiger partial charge >= 0.3 is 0 Å². The third-order valence-corrected chi connectivity index (χ3v) is 3.20. The van der Waals surface area contributed by atoms with E-state index in [2.05, 4.69) is 12.1 Å². The minimum atomic E-state index is -0.0600. The molecule has 0 spiro atoms. The first-order valence-corrected chi connectivity index (χ1v) is 6.64. The Labute approximate surface area is 113 Å². The highest BCUT2D eigenvalue weighted by Crippen LogP contribution is 2.32. The van der Waals surface area contributed by atoms with Crippen molar-refractivity contribution in [1.29, 1.82) is 0 Å². The van der Waals surface area contributed by atoms with Gasteiger partial charge in [-0.2, -0.15) is 0 Å². The Morgan fingerprint density at radius 3 is 2.39 bits per heavy atom. The Balaban J connectivity index is 2.16. The number of halogens is 1. The standard InChI is InChI=1S/C16H17ClO/c1-2-18-16-11-7-6-10-14(16)15(17)12-13-8-4-3-5-9-13/h3-11,15H,2,12H2,1H3. The van der Waals surface area contributed by atoms with Gasteiger partial charge < -0.3 is 4.74 Å². The van der Waals surface area contributed by atoms with Gasteiger partial charge in [0, 0.05) is 5.56 Å². The summed E-state index contributed by atoms with van der Waals surface area (Å²) in [4.78, 5) is 0. The van der Waals surface area contributed by atoms with Gasteiger partial charge in [-0.15, -0.1) is 11.6 Å². The lowest BCUT2D eigenvalue weighted by molar-refractivity contribution is 0.336. The number of benzene rings is 2. The smallest absolute Gasteiger partial charge is 0.123 e. The van der Waals surface area contributed by atoms with Crippen molar-refractivity contribution in [3.05, 3.63) is 65.7 Å². The summed E-state index contributed by atoms with van der Waals surface area (Å²) in [5.74, 6) is 0.885. The molecular formula is C16H17ClO. The Bertz CT molecular complexity index is 481. The molecule has 0 radical (unpaired) electrons. The van der Waals surface area contributed by atoms with E-state index in [4.69, 9.17) is 16.3 Å². The fraction of sp³-hybridized carbons (Fsp3) is 0.250. The normalized spacial score (nSPS) is 12.1. The monoisotopic (exact) mass is 260 g/mol. The van der Waals surface area contributed by atoms with Crippen molar-refractivity contribution < 1.29 is 4.74 Å². The summed E-state index contributed by atoms with van der Waals surface area (Å²) in [6.07, 6.45) is 0.812. The zero-order valence-electron chi connectivity index (χ0n) is 10.5. The van der Waals surface area contributed by atoms with Crippen molar-refractivity contribution in [1.82, 2.24) is 0 Å². The van der Waals surface area contributed by atoms with Crippen molar-refractivity contribution in [2.75, 3.05) is 6.61 Å². The summed E-state index contributed by atoms with van der Waals surface area (Å²) in [6, 6.07) is 18.3. The largest absolute Gasteiger partial charge is 0.494 e. The molecule has 0 heterocycles. The Kier molecular flexibility index (Phi) is 4.66. The first kappa shape index (κ1) is 13.0. The van der Waals surface area contributed by atoms with E-state index in [0.29, 0.717) is 6.61 Å². The zero-order valence-corrected chi connectivity index (χ0v) is 11.2. The summed E-state index contributed by atoms with van der Waals surface area (Å²) in [7, 11) is 0.